The van der Waals surface area contributed by atoms with Crippen LogP contribution in [0.2, 0.25) is 0 Å². The number of methoxy groups -OCH3 is 1. The fraction of sp³-hybridized carbons (Fsp3) is 0.435. The highest BCUT2D eigenvalue weighted by atomic mass is 32.2. The maximum absolute atomic E-state index is 12.7. The van der Waals surface area contributed by atoms with Crippen LogP contribution in [0, 0.1) is 5.41 Å². The molecule has 0 bridgehead atoms. The topological polar surface area (TPSA) is 108 Å². The van der Waals surface area contributed by atoms with Gasteiger partial charge >= 0.3 is 10.2 Å². The molecule has 0 aliphatic carbocycles. The standard InChI is InChI=1S/C23H31N5O5S/c1-23(2,3)19(17-13-10-14-33-17)28(7)21-20(24-34(30,31)25-21)27(6)16-12-9-11-15(18(16)32-8)22(29)26(4)5/h9-14,19H,1-8H3/t19-/m0/s1. The van der Waals surface area contributed by atoms with Crippen molar-refractivity contribution in [2.24, 2.45) is 14.2 Å². The second-order valence-corrected chi connectivity index (χ2v) is 10.5. The summed E-state index contributed by atoms with van der Waals surface area (Å²) in [7, 11) is 4.06. The molecule has 1 aliphatic heterocycles. The third kappa shape index (κ3) is 4.79. The van der Waals surface area contributed by atoms with E-state index in [0.717, 1.165) is 0 Å². The number of para-hydroxylation sites is 1. The van der Waals surface area contributed by atoms with Crippen LogP contribution in [0.15, 0.2) is 49.8 Å². The molecule has 11 heteroatoms. The molecule has 34 heavy (non-hydrogen) atoms. The average Bonchev–Trinajstić information content (AvgIpc) is 3.38. The van der Waals surface area contributed by atoms with E-state index in [9.17, 15) is 13.2 Å². The van der Waals surface area contributed by atoms with Gasteiger partial charge in [0.05, 0.1) is 30.7 Å². The molecule has 10 nitrogen and oxygen atoms in total. The Morgan fingerprint density at radius 1 is 1.03 bits per heavy atom. The van der Waals surface area contributed by atoms with Gasteiger partial charge in [0.15, 0.2) is 17.4 Å². The molecular weight excluding hydrogens is 458 g/mol. The number of benzene rings is 1. The van der Waals surface area contributed by atoms with Gasteiger partial charge in [-0.1, -0.05) is 26.8 Å². The molecule has 0 fully saturated rings. The molecule has 3 rings (SSSR count). The summed E-state index contributed by atoms with van der Waals surface area (Å²) in [6.07, 6.45) is 1.58. The molecule has 1 aromatic heterocycles. The van der Waals surface area contributed by atoms with E-state index in [2.05, 4.69) is 8.80 Å². The predicted molar refractivity (Wildman–Crippen MR) is 132 cm³/mol. The van der Waals surface area contributed by atoms with Gasteiger partial charge < -0.3 is 23.9 Å². The Hall–Kier alpha value is -3.34. The second kappa shape index (κ2) is 9.13. The first-order chi connectivity index (χ1) is 15.8. The van der Waals surface area contributed by atoms with Crippen LogP contribution in [-0.4, -0.2) is 71.1 Å². The highest BCUT2D eigenvalue weighted by Crippen LogP contribution is 2.39. The van der Waals surface area contributed by atoms with Crippen molar-refractivity contribution >= 4 is 33.5 Å². The van der Waals surface area contributed by atoms with Gasteiger partial charge in [0.25, 0.3) is 5.91 Å². The van der Waals surface area contributed by atoms with Crippen LogP contribution in [0.1, 0.15) is 42.9 Å². The number of hydrogen-bond acceptors (Lipinski definition) is 7. The normalized spacial score (nSPS) is 15.9. The largest absolute Gasteiger partial charge is 0.494 e. The SMILES string of the molecule is COc1c(C(=O)N(C)C)cccc1N(C)C1=NS(=O)(=O)N=C1N(C)[C@@H](c1ccco1)C(C)(C)C. The Morgan fingerprint density at radius 3 is 2.21 bits per heavy atom. The van der Waals surface area contributed by atoms with E-state index in [1.807, 2.05) is 26.8 Å². The lowest BCUT2D eigenvalue weighted by molar-refractivity contribution is 0.0824. The van der Waals surface area contributed by atoms with E-state index >= 15 is 0 Å². The molecule has 0 saturated heterocycles. The summed E-state index contributed by atoms with van der Waals surface area (Å²) in [6.45, 7) is 6.09. The highest BCUT2D eigenvalue weighted by molar-refractivity contribution is 7.89. The van der Waals surface area contributed by atoms with Crippen molar-refractivity contribution in [2.45, 2.75) is 26.8 Å². The number of furan rings is 1. The number of anilines is 1. The van der Waals surface area contributed by atoms with Gasteiger partial charge in [-0.2, -0.15) is 8.42 Å². The second-order valence-electron chi connectivity index (χ2n) is 9.29. The summed E-state index contributed by atoms with van der Waals surface area (Å²) >= 11 is 0. The van der Waals surface area contributed by atoms with Crippen molar-refractivity contribution in [3.63, 3.8) is 0 Å². The zero-order valence-corrected chi connectivity index (χ0v) is 21.5. The van der Waals surface area contributed by atoms with Gasteiger partial charge in [-0.3, -0.25) is 4.79 Å². The van der Waals surface area contributed by atoms with Gasteiger partial charge in [0.2, 0.25) is 0 Å². The summed E-state index contributed by atoms with van der Waals surface area (Å²) in [5.74, 6) is 0.988. The van der Waals surface area contributed by atoms with E-state index in [1.54, 1.807) is 68.5 Å². The Labute approximate surface area is 200 Å². The third-order valence-corrected chi connectivity index (χ3v) is 6.28. The zero-order valence-electron chi connectivity index (χ0n) is 20.7. The van der Waals surface area contributed by atoms with Crippen LogP contribution >= 0.6 is 0 Å². The monoisotopic (exact) mass is 489 g/mol. The van der Waals surface area contributed by atoms with Gasteiger partial charge in [-0.25, -0.2) is 0 Å². The molecule has 0 radical (unpaired) electrons. The molecule has 1 aliphatic rings. The molecule has 2 heterocycles. The first-order valence-corrected chi connectivity index (χ1v) is 12.0. The van der Waals surface area contributed by atoms with E-state index in [1.165, 1.54) is 12.0 Å². The molecule has 2 aromatic rings. The minimum Gasteiger partial charge on any atom is -0.494 e. The van der Waals surface area contributed by atoms with Crippen molar-refractivity contribution in [3.8, 4) is 5.75 Å². The van der Waals surface area contributed by atoms with Gasteiger partial charge in [-0.05, 0) is 29.7 Å². The molecule has 184 valence electrons. The fourth-order valence-electron chi connectivity index (χ4n) is 4.05. The van der Waals surface area contributed by atoms with Crippen molar-refractivity contribution in [3.05, 3.63) is 47.9 Å². The lowest BCUT2D eigenvalue weighted by atomic mass is 9.84. The Kier molecular flexibility index (Phi) is 6.79. The Morgan fingerprint density at radius 2 is 1.68 bits per heavy atom. The van der Waals surface area contributed by atoms with Crippen LogP contribution in [0.5, 0.6) is 5.75 Å². The van der Waals surface area contributed by atoms with E-state index in [0.29, 0.717) is 22.8 Å². The maximum atomic E-state index is 12.7. The number of rotatable bonds is 5. The van der Waals surface area contributed by atoms with Crippen LogP contribution < -0.4 is 9.64 Å². The number of nitrogens with zero attached hydrogens (tertiary/aromatic N) is 5. The molecule has 0 spiro atoms. The van der Waals surface area contributed by atoms with E-state index < -0.39 is 10.2 Å². The average molecular weight is 490 g/mol. The molecule has 0 N–H and O–H groups in total. The number of likely N-dealkylation sites (N-methyl/N-ethyl adjacent to an activating group) is 2. The molecule has 0 saturated carbocycles. The van der Waals surface area contributed by atoms with Crippen molar-refractivity contribution < 1.29 is 22.4 Å². The van der Waals surface area contributed by atoms with Gasteiger partial charge in [0.1, 0.15) is 5.76 Å². The summed E-state index contributed by atoms with van der Waals surface area (Å²) in [5, 5.41) is 0. The van der Waals surface area contributed by atoms with Gasteiger partial charge in [-0.15, -0.1) is 8.80 Å². The molecule has 0 unspecified atom stereocenters. The van der Waals surface area contributed by atoms with Crippen molar-refractivity contribution in [1.29, 1.82) is 0 Å². The zero-order chi connectivity index (χ0) is 25.4. The van der Waals surface area contributed by atoms with E-state index in [4.69, 9.17) is 9.15 Å². The Balaban J connectivity index is 2.10. The van der Waals surface area contributed by atoms with Crippen LogP contribution in [0.25, 0.3) is 0 Å². The smallest absolute Gasteiger partial charge is 0.367 e. The number of ether oxygens (including phenoxy) is 1. The lowest BCUT2D eigenvalue weighted by Crippen LogP contribution is -2.45. The highest BCUT2D eigenvalue weighted by Gasteiger charge is 2.40. The van der Waals surface area contributed by atoms with Gasteiger partial charge in [0, 0.05) is 28.2 Å². The third-order valence-electron chi connectivity index (χ3n) is 5.47. The fourth-order valence-corrected chi connectivity index (χ4v) is 4.94. The quantitative estimate of drug-likeness (QED) is 0.635. The first kappa shape index (κ1) is 25.3. The predicted octanol–water partition coefficient (Wildman–Crippen LogP) is 3.20. The minimum absolute atomic E-state index is 0.107. The van der Waals surface area contributed by atoms with Crippen molar-refractivity contribution in [1.82, 2.24) is 9.80 Å². The number of amides is 1. The summed E-state index contributed by atoms with van der Waals surface area (Å²) in [4.78, 5) is 17.4. The van der Waals surface area contributed by atoms with E-state index in [-0.39, 0.29) is 29.0 Å². The number of carbonyl (C=O) groups is 1. The lowest BCUT2D eigenvalue weighted by Gasteiger charge is -2.38. The first-order valence-electron chi connectivity index (χ1n) is 10.6. The summed E-state index contributed by atoms with van der Waals surface area (Å²) < 4.78 is 44.2. The number of carbonyl (C=O) groups excluding carboxylic acids is 1. The molecule has 1 atom stereocenters. The number of amidine groups is 2. The summed E-state index contributed by atoms with van der Waals surface area (Å²) in [6, 6.07) is 8.38. The van der Waals surface area contributed by atoms with Crippen LogP contribution in [0.3, 0.4) is 0 Å². The minimum atomic E-state index is -4.10. The molecule has 1 amide bonds. The molecular formula is C23H31N5O5S. The summed E-state index contributed by atoms with van der Waals surface area (Å²) in [5.41, 5.74) is 0.478. The van der Waals surface area contributed by atoms with Crippen LogP contribution in [-0.2, 0) is 10.2 Å². The van der Waals surface area contributed by atoms with Crippen LogP contribution in [0.4, 0.5) is 5.69 Å². The molecule has 1 aromatic carbocycles. The van der Waals surface area contributed by atoms with Crippen molar-refractivity contribution in [2.75, 3.05) is 40.2 Å². The maximum Gasteiger partial charge on any atom is 0.367 e. The Bertz CT molecular complexity index is 1230. The number of hydrogen-bond donors (Lipinski definition) is 0.